The van der Waals surface area contributed by atoms with Gasteiger partial charge in [-0.15, -0.1) is 0 Å². The number of imidazole rings is 1. The first-order valence-corrected chi connectivity index (χ1v) is 5.97. The van der Waals surface area contributed by atoms with E-state index in [4.69, 9.17) is 0 Å². The lowest BCUT2D eigenvalue weighted by atomic mass is 9.89. The fourth-order valence-corrected chi connectivity index (χ4v) is 2.56. The Balaban J connectivity index is 2.16. The van der Waals surface area contributed by atoms with E-state index < -0.39 is 17.3 Å². The molecule has 0 aliphatic carbocycles. The van der Waals surface area contributed by atoms with Gasteiger partial charge in [0, 0.05) is 0 Å². The van der Waals surface area contributed by atoms with Crippen molar-refractivity contribution in [1.82, 2.24) is 15.3 Å². The van der Waals surface area contributed by atoms with Crippen molar-refractivity contribution in [3.05, 3.63) is 33.7 Å². The Labute approximate surface area is 101 Å². The Morgan fingerprint density at radius 3 is 2.56 bits per heavy atom. The first-order chi connectivity index (χ1) is 8.66. The van der Waals surface area contributed by atoms with Gasteiger partial charge in [-0.05, 0) is 43.5 Å². The Bertz CT molecular complexity index is 641. The summed E-state index contributed by atoms with van der Waals surface area (Å²) in [5, 5.41) is 3.18. The molecule has 0 bridgehead atoms. The predicted octanol–water partition coefficient (Wildman–Crippen LogP) is 1.60. The molecule has 18 heavy (non-hydrogen) atoms. The molecule has 0 spiro atoms. The summed E-state index contributed by atoms with van der Waals surface area (Å²) in [6.45, 7) is 1.60. The van der Waals surface area contributed by atoms with Gasteiger partial charge in [-0.2, -0.15) is 0 Å². The summed E-state index contributed by atoms with van der Waals surface area (Å²) in [6, 6.07) is 1.54. The summed E-state index contributed by atoms with van der Waals surface area (Å²) >= 11 is 0. The van der Waals surface area contributed by atoms with Gasteiger partial charge < -0.3 is 15.3 Å². The van der Waals surface area contributed by atoms with Crippen LogP contribution in [-0.4, -0.2) is 23.1 Å². The summed E-state index contributed by atoms with van der Waals surface area (Å²) in [6.07, 6.45) is 1.55. The third-order valence-corrected chi connectivity index (χ3v) is 3.50. The minimum Gasteiger partial charge on any atom is -0.317 e. The number of fused-ring (bicyclic) bond motifs is 1. The molecule has 0 radical (unpaired) electrons. The summed E-state index contributed by atoms with van der Waals surface area (Å²) in [5.41, 5.74) is 0.0742. The van der Waals surface area contributed by atoms with Gasteiger partial charge in [0.25, 0.3) is 0 Å². The highest BCUT2D eigenvalue weighted by molar-refractivity contribution is 5.76. The van der Waals surface area contributed by atoms with Gasteiger partial charge >= 0.3 is 5.69 Å². The van der Waals surface area contributed by atoms with Crippen LogP contribution in [0.25, 0.3) is 11.0 Å². The Hall–Kier alpha value is -1.69. The van der Waals surface area contributed by atoms with E-state index in [2.05, 4.69) is 15.3 Å². The van der Waals surface area contributed by atoms with E-state index in [9.17, 15) is 13.6 Å². The Morgan fingerprint density at radius 1 is 1.11 bits per heavy atom. The van der Waals surface area contributed by atoms with E-state index in [1.165, 1.54) is 0 Å². The number of H-pyrrole nitrogens is 2. The van der Waals surface area contributed by atoms with Crippen LogP contribution >= 0.6 is 0 Å². The van der Waals surface area contributed by atoms with E-state index >= 15 is 0 Å². The molecule has 1 aromatic heterocycles. The molecule has 2 heterocycles. The van der Waals surface area contributed by atoms with Gasteiger partial charge in [0.05, 0.1) is 5.52 Å². The van der Waals surface area contributed by atoms with Gasteiger partial charge in [0.1, 0.15) is 5.52 Å². The zero-order chi connectivity index (χ0) is 12.7. The number of rotatable bonds is 1. The van der Waals surface area contributed by atoms with Crippen LogP contribution in [0, 0.1) is 11.6 Å². The average molecular weight is 253 g/mol. The SMILES string of the molecule is O=c1[nH]c2cc(C3CCNCC3)c(F)c(F)c2[nH]1. The van der Waals surface area contributed by atoms with Crippen molar-refractivity contribution in [3.63, 3.8) is 0 Å². The molecule has 0 unspecified atom stereocenters. The van der Waals surface area contributed by atoms with Crippen molar-refractivity contribution in [3.8, 4) is 0 Å². The fourth-order valence-electron chi connectivity index (χ4n) is 2.56. The number of nitrogens with one attached hydrogen (secondary N) is 3. The first-order valence-electron chi connectivity index (χ1n) is 5.97. The maximum Gasteiger partial charge on any atom is 0.323 e. The van der Waals surface area contributed by atoms with Crippen molar-refractivity contribution < 1.29 is 8.78 Å². The maximum absolute atomic E-state index is 14.0. The molecular formula is C12H13F2N3O. The number of piperidine rings is 1. The summed E-state index contributed by atoms with van der Waals surface area (Å²) < 4.78 is 27.8. The van der Waals surface area contributed by atoms with Gasteiger partial charge in [0.2, 0.25) is 0 Å². The lowest BCUT2D eigenvalue weighted by Crippen LogP contribution is -2.27. The number of hydrogen-bond donors (Lipinski definition) is 3. The topological polar surface area (TPSA) is 60.7 Å². The molecule has 1 saturated heterocycles. The molecule has 4 nitrogen and oxygen atoms in total. The third-order valence-electron chi connectivity index (χ3n) is 3.50. The molecule has 1 aliphatic heterocycles. The number of halogens is 2. The van der Waals surface area contributed by atoms with Gasteiger partial charge in [-0.25, -0.2) is 13.6 Å². The molecular weight excluding hydrogens is 240 g/mol. The normalized spacial score (nSPS) is 17.4. The highest BCUT2D eigenvalue weighted by Gasteiger charge is 2.23. The monoisotopic (exact) mass is 253 g/mol. The average Bonchev–Trinajstić information content (AvgIpc) is 2.76. The van der Waals surface area contributed by atoms with E-state index in [1.807, 2.05) is 0 Å². The van der Waals surface area contributed by atoms with Crippen molar-refractivity contribution >= 4 is 11.0 Å². The second-order valence-electron chi connectivity index (χ2n) is 4.62. The minimum absolute atomic E-state index is 0.00329. The molecule has 0 amide bonds. The largest absolute Gasteiger partial charge is 0.323 e. The molecule has 0 atom stereocenters. The van der Waals surface area contributed by atoms with Crippen LogP contribution in [0.3, 0.4) is 0 Å². The zero-order valence-electron chi connectivity index (χ0n) is 9.65. The van der Waals surface area contributed by atoms with Crippen LogP contribution in [-0.2, 0) is 0 Å². The number of aromatic amines is 2. The molecule has 3 rings (SSSR count). The fraction of sp³-hybridized carbons (Fsp3) is 0.417. The highest BCUT2D eigenvalue weighted by atomic mass is 19.2. The smallest absolute Gasteiger partial charge is 0.317 e. The number of aromatic nitrogens is 2. The predicted molar refractivity (Wildman–Crippen MR) is 63.7 cm³/mol. The van der Waals surface area contributed by atoms with E-state index in [-0.39, 0.29) is 11.4 Å². The lowest BCUT2D eigenvalue weighted by molar-refractivity contribution is 0.432. The van der Waals surface area contributed by atoms with Crippen LogP contribution in [0.15, 0.2) is 10.9 Å². The zero-order valence-corrected chi connectivity index (χ0v) is 9.65. The number of hydrogen-bond acceptors (Lipinski definition) is 2. The minimum atomic E-state index is -0.973. The summed E-state index contributed by atoms with van der Waals surface area (Å²) in [5.74, 6) is -1.81. The van der Waals surface area contributed by atoms with Crippen LogP contribution in [0.5, 0.6) is 0 Å². The lowest BCUT2D eigenvalue weighted by Gasteiger charge is -2.23. The third kappa shape index (κ3) is 1.73. The number of benzene rings is 1. The quantitative estimate of drug-likeness (QED) is 0.723. The van der Waals surface area contributed by atoms with Crippen LogP contribution in [0.2, 0.25) is 0 Å². The summed E-state index contributed by atoms with van der Waals surface area (Å²) in [7, 11) is 0. The Morgan fingerprint density at radius 2 is 1.83 bits per heavy atom. The van der Waals surface area contributed by atoms with Crippen LogP contribution < -0.4 is 11.0 Å². The second kappa shape index (κ2) is 4.20. The molecule has 1 aliphatic rings. The molecule has 1 aromatic carbocycles. The highest BCUT2D eigenvalue weighted by Crippen LogP contribution is 2.31. The van der Waals surface area contributed by atoms with Crippen molar-refractivity contribution in [2.75, 3.05) is 13.1 Å². The van der Waals surface area contributed by atoms with Crippen LogP contribution in [0.1, 0.15) is 24.3 Å². The van der Waals surface area contributed by atoms with Gasteiger partial charge in [-0.3, -0.25) is 0 Å². The van der Waals surface area contributed by atoms with E-state index in [0.717, 1.165) is 25.9 Å². The molecule has 6 heteroatoms. The van der Waals surface area contributed by atoms with E-state index in [1.54, 1.807) is 6.07 Å². The van der Waals surface area contributed by atoms with Crippen molar-refractivity contribution in [2.45, 2.75) is 18.8 Å². The maximum atomic E-state index is 14.0. The van der Waals surface area contributed by atoms with Crippen molar-refractivity contribution in [1.29, 1.82) is 0 Å². The van der Waals surface area contributed by atoms with Gasteiger partial charge in [-0.1, -0.05) is 0 Å². The van der Waals surface area contributed by atoms with E-state index in [0.29, 0.717) is 11.1 Å². The standard InChI is InChI=1S/C12H13F2N3O/c13-9-7(6-1-3-15-4-2-6)5-8-11(10(9)14)17-12(18)16-8/h5-6,15H,1-4H2,(H2,16,17,18). The molecule has 96 valence electrons. The second-order valence-corrected chi connectivity index (χ2v) is 4.62. The van der Waals surface area contributed by atoms with Crippen molar-refractivity contribution in [2.24, 2.45) is 0 Å². The summed E-state index contributed by atoms with van der Waals surface area (Å²) in [4.78, 5) is 15.9. The van der Waals surface area contributed by atoms with Crippen LogP contribution in [0.4, 0.5) is 8.78 Å². The molecule has 3 N–H and O–H groups in total. The Kier molecular flexibility index (Phi) is 2.66. The molecule has 1 fully saturated rings. The van der Waals surface area contributed by atoms with Gasteiger partial charge in [0.15, 0.2) is 11.6 Å². The molecule has 2 aromatic rings. The molecule has 0 saturated carbocycles. The first kappa shape index (κ1) is 11.4.